The Kier molecular flexibility index (Phi) is 2.64. The van der Waals surface area contributed by atoms with Gasteiger partial charge >= 0.3 is 5.97 Å². The second-order valence-corrected chi connectivity index (χ2v) is 8.24. The zero-order valence-electron chi connectivity index (χ0n) is 10.7. The smallest absolute Gasteiger partial charge is 0.302 e. The molecule has 0 aromatic rings. The van der Waals surface area contributed by atoms with Crippen LogP contribution >= 0.6 is 34.8 Å². The van der Waals surface area contributed by atoms with Crippen LogP contribution in [0.25, 0.3) is 0 Å². The fourth-order valence-corrected chi connectivity index (χ4v) is 6.06. The highest BCUT2D eigenvalue weighted by atomic mass is 35.5. The summed E-state index contributed by atoms with van der Waals surface area (Å²) in [4.78, 5) is 23.9. The van der Waals surface area contributed by atoms with E-state index in [1.807, 2.05) is 6.08 Å². The maximum absolute atomic E-state index is 12.5. The largest absolute Gasteiger partial charge is 0.462 e. The van der Waals surface area contributed by atoms with Gasteiger partial charge in [0, 0.05) is 47.5 Å². The third-order valence-corrected chi connectivity index (χ3v) is 6.67. The molecule has 0 heterocycles. The summed E-state index contributed by atoms with van der Waals surface area (Å²) in [6.45, 7) is 1.40. The number of carbonyl (C=O) groups is 2. The van der Waals surface area contributed by atoms with Crippen LogP contribution in [-0.4, -0.2) is 22.2 Å². The van der Waals surface area contributed by atoms with Crippen molar-refractivity contribution in [3.63, 3.8) is 0 Å². The number of hydrogen-bond donors (Lipinski definition) is 0. The number of hydrogen-bond acceptors (Lipinski definition) is 3. The minimum atomic E-state index is -0.793. The predicted molar refractivity (Wildman–Crippen MR) is 74.5 cm³/mol. The van der Waals surface area contributed by atoms with Gasteiger partial charge in [0.2, 0.25) is 0 Å². The number of alkyl halides is 2. The molecule has 7 unspecified atom stereocenters. The second-order valence-electron chi connectivity index (χ2n) is 6.31. The Hall–Kier alpha value is -0.250. The normalized spacial score (nSPS) is 50.3. The number of esters is 1. The van der Waals surface area contributed by atoms with Crippen molar-refractivity contribution in [2.75, 3.05) is 0 Å². The van der Waals surface area contributed by atoms with Gasteiger partial charge in [0.25, 0.3) is 0 Å². The van der Waals surface area contributed by atoms with E-state index in [9.17, 15) is 9.59 Å². The van der Waals surface area contributed by atoms with Crippen molar-refractivity contribution in [1.29, 1.82) is 0 Å². The van der Waals surface area contributed by atoms with Crippen molar-refractivity contribution in [3.05, 3.63) is 11.1 Å². The molecule has 0 amide bonds. The highest BCUT2D eigenvalue weighted by molar-refractivity contribution is 6.52. The molecule has 0 aliphatic heterocycles. The first-order valence-corrected chi connectivity index (χ1v) is 7.92. The van der Waals surface area contributed by atoms with Crippen molar-refractivity contribution in [1.82, 2.24) is 0 Å². The lowest BCUT2D eigenvalue weighted by atomic mass is 9.63. The van der Waals surface area contributed by atoms with E-state index in [4.69, 9.17) is 39.5 Å². The number of Topliss-reactive ketones (excluding diaryl/α,β-unsaturated/α-hetero) is 1. The van der Waals surface area contributed by atoms with Gasteiger partial charge in [-0.1, -0.05) is 17.7 Å². The molecule has 4 aliphatic rings. The minimum Gasteiger partial charge on any atom is -0.462 e. The van der Waals surface area contributed by atoms with Crippen LogP contribution in [0.1, 0.15) is 13.3 Å². The average molecular weight is 336 g/mol. The lowest BCUT2D eigenvalue weighted by molar-refractivity contribution is -0.163. The van der Waals surface area contributed by atoms with Crippen LogP contribution < -0.4 is 0 Å². The maximum Gasteiger partial charge on any atom is 0.302 e. The van der Waals surface area contributed by atoms with Crippen LogP contribution in [0.4, 0.5) is 0 Å². The molecule has 20 heavy (non-hydrogen) atoms. The molecule has 0 aromatic heterocycles. The summed E-state index contributed by atoms with van der Waals surface area (Å²) < 4.78 is 4.70. The molecule has 6 heteroatoms. The number of ether oxygens (including phenoxy) is 1. The molecule has 3 nitrogen and oxygen atoms in total. The van der Waals surface area contributed by atoms with E-state index in [0.29, 0.717) is 6.42 Å². The average Bonchev–Trinajstić information content (AvgIpc) is 2.76. The van der Waals surface area contributed by atoms with Crippen LogP contribution in [0.15, 0.2) is 11.1 Å². The third-order valence-electron chi connectivity index (χ3n) is 5.38. The fraction of sp³-hybridized carbons (Fsp3) is 0.714. The van der Waals surface area contributed by atoms with Crippen LogP contribution in [0.3, 0.4) is 0 Å². The summed E-state index contributed by atoms with van der Waals surface area (Å²) in [5.74, 6) is -0.847. The zero-order chi connectivity index (χ0) is 14.4. The van der Waals surface area contributed by atoms with Gasteiger partial charge in [-0.15, -0.1) is 23.2 Å². The lowest BCUT2D eigenvalue weighted by Gasteiger charge is -2.45. The van der Waals surface area contributed by atoms with E-state index in [1.54, 1.807) is 0 Å². The molecule has 3 fully saturated rings. The number of rotatable bonds is 1. The van der Waals surface area contributed by atoms with Crippen molar-refractivity contribution >= 4 is 46.6 Å². The van der Waals surface area contributed by atoms with E-state index in [0.717, 1.165) is 5.03 Å². The summed E-state index contributed by atoms with van der Waals surface area (Å²) in [7, 11) is 0. The van der Waals surface area contributed by atoms with Gasteiger partial charge in [0.05, 0.1) is 0 Å². The van der Waals surface area contributed by atoms with Gasteiger partial charge in [-0.2, -0.15) is 0 Å². The van der Waals surface area contributed by atoms with E-state index < -0.39 is 4.33 Å². The Bertz CT molecular complexity index is 556. The molecule has 4 aliphatic carbocycles. The quantitative estimate of drug-likeness (QED) is 0.546. The van der Waals surface area contributed by atoms with Crippen LogP contribution in [0.5, 0.6) is 0 Å². The van der Waals surface area contributed by atoms with Crippen LogP contribution in [0.2, 0.25) is 0 Å². The highest BCUT2D eigenvalue weighted by Crippen LogP contribution is 2.76. The maximum atomic E-state index is 12.5. The van der Waals surface area contributed by atoms with Crippen molar-refractivity contribution < 1.29 is 14.3 Å². The molecule has 7 atom stereocenters. The summed E-state index contributed by atoms with van der Waals surface area (Å²) in [5, 5.41) is 0.752. The monoisotopic (exact) mass is 334 g/mol. The molecule has 0 N–H and O–H groups in total. The summed E-state index contributed by atoms with van der Waals surface area (Å²) in [5.41, 5.74) is 0. The summed E-state index contributed by atoms with van der Waals surface area (Å²) >= 11 is 18.9. The van der Waals surface area contributed by atoms with Crippen LogP contribution in [0, 0.1) is 35.5 Å². The van der Waals surface area contributed by atoms with Gasteiger partial charge in [-0.05, 0) is 6.42 Å². The molecule has 0 aromatic carbocycles. The molecule has 4 bridgehead atoms. The van der Waals surface area contributed by atoms with Crippen molar-refractivity contribution in [3.8, 4) is 0 Å². The fourth-order valence-electron chi connectivity index (χ4n) is 4.78. The Morgan fingerprint density at radius 1 is 1.35 bits per heavy atom. The van der Waals surface area contributed by atoms with E-state index in [-0.39, 0.29) is 53.4 Å². The third kappa shape index (κ3) is 1.49. The molecule has 3 saturated carbocycles. The molecule has 0 spiro atoms. The lowest BCUT2D eigenvalue weighted by Crippen LogP contribution is -2.52. The number of ketones is 1. The first-order valence-electron chi connectivity index (χ1n) is 6.79. The molecule has 0 radical (unpaired) electrons. The van der Waals surface area contributed by atoms with Gasteiger partial charge in [-0.25, -0.2) is 0 Å². The van der Waals surface area contributed by atoms with E-state index in [2.05, 4.69) is 0 Å². The van der Waals surface area contributed by atoms with Crippen molar-refractivity contribution in [2.45, 2.75) is 23.8 Å². The Labute approximate surface area is 131 Å². The predicted octanol–water partition coefficient (Wildman–Crippen LogP) is 2.93. The minimum absolute atomic E-state index is 0.00708. The van der Waals surface area contributed by atoms with E-state index >= 15 is 0 Å². The SMILES string of the molecule is CC(=O)OC1C2C=C(Cl)CC1C1C(=O)C2C2C1C2(Cl)Cl. The van der Waals surface area contributed by atoms with Gasteiger partial charge in [-0.3, -0.25) is 9.59 Å². The summed E-state index contributed by atoms with van der Waals surface area (Å²) in [6, 6.07) is 0. The molecular formula is C14H13Cl3O3. The molecule has 108 valence electrons. The zero-order valence-corrected chi connectivity index (χ0v) is 13.0. The summed E-state index contributed by atoms with van der Waals surface area (Å²) in [6.07, 6.45) is 2.17. The number of halogens is 3. The Morgan fingerprint density at radius 3 is 2.65 bits per heavy atom. The van der Waals surface area contributed by atoms with Crippen molar-refractivity contribution in [2.24, 2.45) is 35.5 Å². The highest BCUT2D eigenvalue weighted by Gasteiger charge is 2.81. The van der Waals surface area contributed by atoms with E-state index in [1.165, 1.54) is 6.92 Å². The first-order chi connectivity index (χ1) is 9.34. The Balaban J connectivity index is 1.78. The van der Waals surface area contributed by atoms with Gasteiger partial charge in [0.1, 0.15) is 16.2 Å². The number of carbonyl (C=O) groups excluding carboxylic acids is 2. The van der Waals surface area contributed by atoms with Gasteiger partial charge in [0.15, 0.2) is 0 Å². The van der Waals surface area contributed by atoms with Gasteiger partial charge < -0.3 is 4.74 Å². The molecular weight excluding hydrogens is 323 g/mol. The standard InChI is InChI=1S/C14H13Cl3O3/c1-4(18)20-13-6-2-5(15)3-7(13)9-11-10(14(11,16)17)8(6)12(9)19/h2,6-11,13H,3H2,1H3. The molecule has 0 saturated heterocycles. The number of allylic oxidation sites excluding steroid dienone is 1. The molecule has 4 rings (SSSR count). The van der Waals surface area contributed by atoms with Crippen LogP contribution in [-0.2, 0) is 14.3 Å². The number of fused-ring (bicyclic) bond motifs is 9. The first kappa shape index (κ1) is 13.4. The Morgan fingerprint density at radius 2 is 2.00 bits per heavy atom. The topological polar surface area (TPSA) is 43.4 Å². The second kappa shape index (κ2) is 3.93.